The van der Waals surface area contributed by atoms with Crippen LogP contribution < -0.4 is 5.32 Å². The van der Waals surface area contributed by atoms with Gasteiger partial charge in [-0.15, -0.1) is 0 Å². The van der Waals surface area contributed by atoms with Crippen LogP contribution in [-0.4, -0.2) is 37.7 Å². The monoisotopic (exact) mass is 309 g/mol. The molecule has 1 aliphatic carbocycles. The van der Waals surface area contributed by atoms with Crippen LogP contribution in [0.15, 0.2) is 41.3 Å². The van der Waals surface area contributed by atoms with Gasteiger partial charge in [0.15, 0.2) is 9.84 Å². The molecule has 1 aromatic rings. The van der Waals surface area contributed by atoms with Crippen molar-refractivity contribution in [2.24, 2.45) is 5.92 Å². The fraction of sp³-hybridized carbons (Fsp3) is 0.286. The van der Waals surface area contributed by atoms with Gasteiger partial charge in [0.05, 0.1) is 10.8 Å². The molecule has 112 valence electrons. The second kappa shape index (κ2) is 5.69. The first-order valence-electron chi connectivity index (χ1n) is 6.29. The number of carbonyl (C=O) groups is 2. The molecule has 2 N–H and O–H groups in total. The minimum atomic E-state index is -3.29. The van der Waals surface area contributed by atoms with Crippen LogP contribution in [-0.2, 0) is 14.6 Å². The smallest absolute Gasteiger partial charge is 0.310 e. The fourth-order valence-electron chi connectivity index (χ4n) is 2.09. The largest absolute Gasteiger partial charge is 0.481 e. The molecule has 2 rings (SSSR count). The number of carbonyl (C=O) groups excluding carboxylic acids is 1. The highest BCUT2D eigenvalue weighted by atomic mass is 32.2. The molecular weight excluding hydrogens is 294 g/mol. The highest BCUT2D eigenvalue weighted by molar-refractivity contribution is 7.90. The first kappa shape index (κ1) is 15.2. The van der Waals surface area contributed by atoms with Gasteiger partial charge in [0.25, 0.3) is 5.91 Å². The van der Waals surface area contributed by atoms with E-state index in [0.717, 1.165) is 6.26 Å². The van der Waals surface area contributed by atoms with E-state index in [1.165, 1.54) is 24.3 Å². The van der Waals surface area contributed by atoms with Gasteiger partial charge >= 0.3 is 5.97 Å². The lowest BCUT2D eigenvalue weighted by Gasteiger charge is -2.12. The molecule has 2 unspecified atom stereocenters. The molecule has 1 amide bonds. The third-order valence-electron chi connectivity index (χ3n) is 3.26. The standard InChI is InChI=1S/C14H15NO5S/c1-21(19,20)12-6-3-9(4-7-12)13(16)15-11-5-2-10(8-11)14(17)18/h2-7,10-11H,8H2,1H3,(H,15,16)(H,17,18). The molecule has 0 aliphatic heterocycles. The van der Waals surface area contributed by atoms with Gasteiger partial charge in [0, 0.05) is 17.9 Å². The number of carboxylic acid groups (broad SMARTS) is 1. The van der Waals surface area contributed by atoms with Crippen molar-refractivity contribution in [3.05, 3.63) is 42.0 Å². The highest BCUT2D eigenvalue weighted by Crippen LogP contribution is 2.18. The van der Waals surface area contributed by atoms with Crippen molar-refractivity contribution in [1.82, 2.24) is 5.32 Å². The summed E-state index contributed by atoms with van der Waals surface area (Å²) in [6.07, 6.45) is 4.63. The van der Waals surface area contributed by atoms with Gasteiger partial charge in [-0.25, -0.2) is 8.42 Å². The molecule has 0 heterocycles. The van der Waals surface area contributed by atoms with Crippen LogP contribution in [0.2, 0.25) is 0 Å². The summed E-state index contributed by atoms with van der Waals surface area (Å²) in [6, 6.07) is 5.27. The Morgan fingerprint density at radius 1 is 1.19 bits per heavy atom. The van der Waals surface area contributed by atoms with E-state index in [1.54, 1.807) is 12.2 Å². The maximum atomic E-state index is 12.0. The lowest BCUT2D eigenvalue weighted by atomic mass is 10.1. The van der Waals surface area contributed by atoms with Gasteiger partial charge < -0.3 is 10.4 Å². The molecule has 1 aliphatic rings. The first-order valence-corrected chi connectivity index (χ1v) is 8.18. The quantitative estimate of drug-likeness (QED) is 0.803. The topological polar surface area (TPSA) is 101 Å². The molecule has 6 nitrogen and oxygen atoms in total. The van der Waals surface area contributed by atoms with Gasteiger partial charge in [0.2, 0.25) is 0 Å². The van der Waals surface area contributed by atoms with Gasteiger partial charge in [0.1, 0.15) is 0 Å². The number of amides is 1. The van der Waals surface area contributed by atoms with Crippen molar-refractivity contribution < 1.29 is 23.1 Å². The second-order valence-electron chi connectivity index (χ2n) is 4.94. The van der Waals surface area contributed by atoms with E-state index in [0.29, 0.717) is 12.0 Å². The molecule has 0 aromatic heterocycles. The Labute approximate surface area is 122 Å². The van der Waals surface area contributed by atoms with Crippen LogP contribution in [0.4, 0.5) is 0 Å². The predicted octanol–water partition coefficient (Wildman–Crippen LogP) is 0.849. The molecule has 0 radical (unpaired) electrons. The fourth-order valence-corrected chi connectivity index (χ4v) is 2.72. The number of hydrogen-bond donors (Lipinski definition) is 2. The molecule has 21 heavy (non-hydrogen) atoms. The SMILES string of the molecule is CS(=O)(=O)c1ccc(C(=O)NC2C=CC(C(=O)O)C2)cc1. The van der Waals surface area contributed by atoms with Crippen molar-refractivity contribution in [3.8, 4) is 0 Å². The molecule has 0 spiro atoms. The molecule has 0 saturated heterocycles. The van der Waals surface area contributed by atoms with E-state index in [2.05, 4.69) is 5.32 Å². The number of hydrogen-bond acceptors (Lipinski definition) is 4. The van der Waals surface area contributed by atoms with E-state index in [1.807, 2.05) is 0 Å². The number of benzene rings is 1. The Balaban J connectivity index is 2.02. The van der Waals surface area contributed by atoms with E-state index >= 15 is 0 Å². The molecular formula is C14H15NO5S. The number of carboxylic acids is 1. The van der Waals surface area contributed by atoms with Crippen molar-refractivity contribution in [1.29, 1.82) is 0 Å². The van der Waals surface area contributed by atoms with Crippen LogP contribution in [0.25, 0.3) is 0 Å². The number of aliphatic carboxylic acids is 1. The summed E-state index contributed by atoms with van der Waals surface area (Å²) in [5.74, 6) is -1.86. The zero-order valence-corrected chi connectivity index (χ0v) is 12.1. The van der Waals surface area contributed by atoms with Crippen LogP contribution in [0.3, 0.4) is 0 Å². The van der Waals surface area contributed by atoms with Gasteiger partial charge in [-0.05, 0) is 30.7 Å². The van der Waals surface area contributed by atoms with Crippen LogP contribution in [0.1, 0.15) is 16.8 Å². The molecule has 2 atom stereocenters. The number of sulfone groups is 1. The lowest BCUT2D eigenvalue weighted by Crippen LogP contribution is -2.33. The van der Waals surface area contributed by atoms with Gasteiger partial charge in [-0.1, -0.05) is 12.2 Å². The molecule has 0 bridgehead atoms. The summed E-state index contributed by atoms with van der Waals surface area (Å²) in [6.45, 7) is 0. The van der Waals surface area contributed by atoms with Crippen LogP contribution >= 0.6 is 0 Å². The Hall–Kier alpha value is -2.15. The van der Waals surface area contributed by atoms with E-state index in [9.17, 15) is 18.0 Å². The normalized spacial score (nSPS) is 21.2. The van der Waals surface area contributed by atoms with E-state index < -0.39 is 21.7 Å². The van der Waals surface area contributed by atoms with E-state index in [4.69, 9.17) is 5.11 Å². The minimum Gasteiger partial charge on any atom is -0.481 e. The lowest BCUT2D eigenvalue weighted by molar-refractivity contribution is -0.140. The summed E-state index contributed by atoms with van der Waals surface area (Å²) in [4.78, 5) is 23.0. The third kappa shape index (κ3) is 3.69. The average molecular weight is 309 g/mol. The van der Waals surface area contributed by atoms with E-state index in [-0.39, 0.29) is 16.8 Å². The third-order valence-corrected chi connectivity index (χ3v) is 4.39. The molecule has 0 saturated carbocycles. The number of nitrogens with one attached hydrogen (secondary N) is 1. The first-order chi connectivity index (χ1) is 9.77. The summed E-state index contributed by atoms with van der Waals surface area (Å²) in [5, 5.41) is 11.6. The predicted molar refractivity (Wildman–Crippen MR) is 75.7 cm³/mol. The molecule has 1 aromatic carbocycles. The Morgan fingerprint density at radius 2 is 1.81 bits per heavy atom. The second-order valence-corrected chi connectivity index (χ2v) is 6.96. The zero-order chi connectivity index (χ0) is 15.6. The van der Waals surface area contributed by atoms with Crippen molar-refractivity contribution >= 4 is 21.7 Å². The summed E-state index contributed by atoms with van der Waals surface area (Å²) >= 11 is 0. The molecule has 7 heteroatoms. The van der Waals surface area contributed by atoms with Crippen LogP contribution in [0.5, 0.6) is 0 Å². The van der Waals surface area contributed by atoms with Crippen LogP contribution in [0, 0.1) is 5.92 Å². The Morgan fingerprint density at radius 3 is 2.29 bits per heavy atom. The number of rotatable bonds is 4. The summed E-state index contributed by atoms with van der Waals surface area (Å²) in [7, 11) is -3.29. The summed E-state index contributed by atoms with van der Waals surface area (Å²) < 4.78 is 22.7. The van der Waals surface area contributed by atoms with Crippen molar-refractivity contribution in [2.45, 2.75) is 17.4 Å². The van der Waals surface area contributed by atoms with Gasteiger partial charge in [-0.2, -0.15) is 0 Å². The maximum Gasteiger partial charge on any atom is 0.310 e. The van der Waals surface area contributed by atoms with Crippen molar-refractivity contribution in [3.63, 3.8) is 0 Å². The van der Waals surface area contributed by atoms with Crippen molar-refractivity contribution in [2.75, 3.05) is 6.26 Å². The Kier molecular flexibility index (Phi) is 4.13. The zero-order valence-electron chi connectivity index (χ0n) is 11.3. The maximum absolute atomic E-state index is 12.0. The summed E-state index contributed by atoms with van der Waals surface area (Å²) in [5.41, 5.74) is 0.328. The molecule has 0 fully saturated rings. The minimum absolute atomic E-state index is 0.144. The average Bonchev–Trinajstić information content (AvgIpc) is 2.86. The Bertz CT molecular complexity index is 691. The van der Waals surface area contributed by atoms with Gasteiger partial charge in [-0.3, -0.25) is 9.59 Å². The highest BCUT2D eigenvalue weighted by Gasteiger charge is 2.25.